The molecule has 20 heavy (non-hydrogen) atoms. The van der Waals surface area contributed by atoms with E-state index in [0.29, 0.717) is 12.8 Å². The molecule has 6 heteroatoms. The van der Waals surface area contributed by atoms with Gasteiger partial charge in [-0.1, -0.05) is 11.8 Å². The van der Waals surface area contributed by atoms with Crippen molar-refractivity contribution < 1.29 is 19.4 Å². The maximum atomic E-state index is 12.1. The number of nitrogens with zero attached hydrogens (tertiary/aromatic N) is 1. The van der Waals surface area contributed by atoms with Crippen molar-refractivity contribution in [2.24, 2.45) is 0 Å². The van der Waals surface area contributed by atoms with E-state index in [2.05, 4.69) is 11.8 Å². The van der Waals surface area contributed by atoms with Gasteiger partial charge < -0.3 is 9.84 Å². The van der Waals surface area contributed by atoms with E-state index in [1.54, 1.807) is 0 Å². The number of hydrogen-bond donors (Lipinski definition) is 1. The number of morpholine rings is 1. The maximum Gasteiger partial charge on any atom is 0.258 e. The van der Waals surface area contributed by atoms with E-state index in [9.17, 15) is 9.59 Å². The minimum absolute atomic E-state index is 0.184. The van der Waals surface area contributed by atoms with E-state index in [0.717, 1.165) is 9.75 Å². The lowest BCUT2D eigenvalue weighted by Crippen LogP contribution is -2.51. The number of rotatable bonds is 2. The van der Waals surface area contributed by atoms with E-state index in [-0.39, 0.29) is 25.0 Å². The fraction of sp³-hybridized carbons (Fsp3) is 0.429. The molecule has 3 rings (SSSR count). The molecule has 0 aromatic carbocycles. The molecule has 2 amide bonds. The number of imide groups is 1. The van der Waals surface area contributed by atoms with Crippen molar-refractivity contribution in [3.8, 4) is 11.8 Å². The Kier molecular flexibility index (Phi) is 3.57. The van der Waals surface area contributed by atoms with Gasteiger partial charge in [0.2, 0.25) is 0 Å². The first kappa shape index (κ1) is 13.3. The Morgan fingerprint density at radius 2 is 2.00 bits per heavy atom. The van der Waals surface area contributed by atoms with Gasteiger partial charge in [-0.3, -0.25) is 14.5 Å². The van der Waals surface area contributed by atoms with Crippen molar-refractivity contribution in [2.45, 2.75) is 31.6 Å². The zero-order valence-corrected chi connectivity index (χ0v) is 11.5. The predicted molar refractivity (Wildman–Crippen MR) is 71.7 cm³/mol. The third-order valence-electron chi connectivity index (χ3n) is 3.37. The molecule has 5 nitrogen and oxygen atoms in total. The van der Waals surface area contributed by atoms with Gasteiger partial charge in [0.15, 0.2) is 0 Å². The number of thiophene rings is 1. The van der Waals surface area contributed by atoms with Crippen LogP contribution in [-0.2, 0) is 20.9 Å². The Morgan fingerprint density at radius 1 is 1.30 bits per heavy atom. The van der Waals surface area contributed by atoms with Crippen LogP contribution in [-0.4, -0.2) is 40.6 Å². The minimum atomic E-state index is -0.452. The number of ether oxygens (including phenoxy) is 1. The van der Waals surface area contributed by atoms with E-state index in [4.69, 9.17) is 9.84 Å². The molecule has 1 aromatic heterocycles. The van der Waals surface area contributed by atoms with Gasteiger partial charge in [0.25, 0.3) is 11.8 Å². The minimum Gasteiger partial charge on any atom is -0.384 e. The van der Waals surface area contributed by atoms with Crippen LogP contribution in [0.4, 0.5) is 0 Å². The highest BCUT2D eigenvalue weighted by molar-refractivity contribution is 7.12. The molecule has 2 saturated heterocycles. The van der Waals surface area contributed by atoms with Gasteiger partial charge in [-0.05, 0) is 25.0 Å². The van der Waals surface area contributed by atoms with Crippen LogP contribution in [0.1, 0.15) is 22.6 Å². The van der Waals surface area contributed by atoms with Crippen molar-refractivity contribution >= 4 is 23.2 Å². The SMILES string of the molecule is O=C1C2CCC(O2)C(=O)N1Cc1ccc(C#CCO)s1. The first-order valence-electron chi connectivity index (χ1n) is 6.38. The Hall–Kier alpha value is -1.68. The fourth-order valence-corrected chi connectivity index (χ4v) is 3.30. The first-order chi connectivity index (χ1) is 9.69. The number of carbonyl (C=O) groups excluding carboxylic acids is 2. The number of likely N-dealkylation sites (tertiary alicyclic amines) is 1. The predicted octanol–water partition coefficient (Wildman–Crippen LogP) is 0.508. The largest absolute Gasteiger partial charge is 0.384 e. The zero-order chi connectivity index (χ0) is 14.1. The van der Waals surface area contributed by atoms with Crippen LogP contribution in [0, 0.1) is 11.8 Å². The van der Waals surface area contributed by atoms with Crippen molar-refractivity contribution in [3.63, 3.8) is 0 Å². The second-order valence-electron chi connectivity index (χ2n) is 4.68. The van der Waals surface area contributed by atoms with Crippen LogP contribution in [0.15, 0.2) is 12.1 Å². The molecule has 0 radical (unpaired) electrons. The fourth-order valence-electron chi connectivity index (χ4n) is 2.43. The molecule has 2 unspecified atom stereocenters. The number of aliphatic hydroxyl groups is 1. The number of hydrogen-bond acceptors (Lipinski definition) is 5. The molecule has 2 aliphatic heterocycles. The molecule has 0 saturated carbocycles. The number of amides is 2. The lowest BCUT2D eigenvalue weighted by Gasteiger charge is -2.29. The van der Waals surface area contributed by atoms with Crippen LogP contribution in [0.25, 0.3) is 0 Å². The standard InChI is InChI=1S/C14H13NO4S/c16-7-1-2-9-3-4-10(20-9)8-15-13(17)11-5-6-12(19-11)14(15)18/h3-4,11-12,16H,5-8H2. The van der Waals surface area contributed by atoms with Crippen molar-refractivity contribution in [1.29, 1.82) is 0 Å². The van der Waals surface area contributed by atoms with Gasteiger partial charge in [-0.25, -0.2) is 0 Å². The van der Waals surface area contributed by atoms with Crippen molar-refractivity contribution in [2.75, 3.05) is 6.61 Å². The van der Waals surface area contributed by atoms with Gasteiger partial charge in [0, 0.05) is 4.88 Å². The molecular formula is C14H13NO4S. The zero-order valence-electron chi connectivity index (χ0n) is 10.7. The van der Waals surface area contributed by atoms with Gasteiger partial charge >= 0.3 is 0 Å². The van der Waals surface area contributed by atoms with E-state index in [1.165, 1.54) is 16.2 Å². The summed E-state index contributed by atoms with van der Waals surface area (Å²) >= 11 is 1.42. The summed E-state index contributed by atoms with van der Waals surface area (Å²) < 4.78 is 5.36. The van der Waals surface area contributed by atoms with Crippen LogP contribution in [0.3, 0.4) is 0 Å². The summed E-state index contributed by atoms with van der Waals surface area (Å²) in [5.41, 5.74) is 0. The third-order valence-corrected chi connectivity index (χ3v) is 4.35. The van der Waals surface area contributed by atoms with Crippen LogP contribution in [0.5, 0.6) is 0 Å². The number of fused-ring (bicyclic) bond motifs is 2. The lowest BCUT2D eigenvalue weighted by molar-refractivity contribution is -0.169. The Bertz CT molecular complexity index is 590. The molecule has 2 atom stereocenters. The number of carbonyl (C=O) groups is 2. The van der Waals surface area contributed by atoms with Crippen LogP contribution < -0.4 is 0 Å². The molecular weight excluding hydrogens is 278 g/mol. The molecule has 1 N–H and O–H groups in total. The highest BCUT2D eigenvalue weighted by Gasteiger charge is 2.46. The molecule has 0 spiro atoms. The van der Waals surface area contributed by atoms with Gasteiger partial charge in [0.05, 0.1) is 11.4 Å². The summed E-state index contributed by atoms with van der Waals surface area (Å²) in [5, 5.41) is 8.65. The van der Waals surface area contributed by atoms with Crippen molar-refractivity contribution in [3.05, 3.63) is 21.9 Å². The normalized spacial score (nSPS) is 24.8. The van der Waals surface area contributed by atoms with Gasteiger partial charge in [0.1, 0.15) is 18.8 Å². The van der Waals surface area contributed by atoms with Crippen LogP contribution in [0.2, 0.25) is 0 Å². The molecule has 104 valence electrons. The molecule has 2 fully saturated rings. The summed E-state index contributed by atoms with van der Waals surface area (Å²) in [4.78, 5) is 27.2. The summed E-state index contributed by atoms with van der Waals surface area (Å²) in [7, 11) is 0. The number of aliphatic hydroxyl groups excluding tert-OH is 1. The van der Waals surface area contributed by atoms with E-state index >= 15 is 0 Å². The molecule has 3 heterocycles. The van der Waals surface area contributed by atoms with Crippen LogP contribution >= 0.6 is 11.3 Å². The average Bonchev–Trinajstić information content (AvgIpc) is 3.07. The average molecular weight is 291 g/mol. The smallest absolute Gasteiger partial charge is 0.258 e. The quantitative estimate of drug-likeness (QED) is 0.637. The van der Waals surface area contributed by atoms with Crippen molar-refractivity contribution in [1.82, 2.24) is 4.90 Å². The topological polar surface area (TPSA) is 66.8 Å². The first-order valence-corrected chi connectivity index (χ1v) is 7.20. The van der Waals surface area contributed by atoms with E-state index in [1.807, 2.05) is 12.1 Å². The highest BCUT2D eigenvalue weighted by Crippen LogP contribution is 2.30. The Labute approximate surface area is 120 Å². The monoisotopic (exact) mass is 291 g/mol. The molecule has 2 aliphatic rings. The second-order valence-corrected chi connectivity index (χ2v) is 5.85. The van der Waals surface area contributed by atoms with Gasteiger partial charge in [-0.15, -0.1) is 11.3 Å². The molecule has 0 aliphatic carbocycles. The molecule has 2 bridgehead atoms. The summed E-state index contributed by atoms with van der Waals surface area (Å²) in [6.45, 7) is 0.0938. The highest BCUT2D eigenvalue weighted by atomic mass is 32.1. The summed E-state index contributed by atoms with van der Waals surface area (Å²) in [5.74, 6) is 4.91. The second kappa shape index (κ2) is 5.37. The maximum absolute atomic E-state index is 12.1. The Morgan fingerprint density at radius 3 is 2.65 bits per heavy atom. The Balaban J connectivity index is 1.75. The third kappa shape index (κ3) is 2.36. The van der Waals surface area contributed by atoms with Gasteiger partial charge in [-0.2, -0.15) is 0 Å². The summed E-state index contributed by atoms with van der Waals surface area (Å²) in [6.07, 6.45) is 0.352. The summed E-state index contributed by atoms with van der Waals surface area (Å²) in [6, 6.07) is 3.68. The van der Waals surface area contributed by atoms with E-state index < -0.39 is 12.2 Å². The molecule has 1 aromatic rings. The lowest BCUT2D eigenvalue weighted by atomic mass is 10.2.